The maximum Gasteiger partial charge on any atom is 0.253 e. The molecule has 1 unspecified atom stereocenters. The smallest absolute Gasteiger partial charge is 0.253 e. The second-order valence-electron chi connectivity index (χ2n) is 7.57. The number of thioether (sulfide) groups is 1. The van der Waals surface area contributed by atoms with Crippen molar-refractivity contribution >= 4 is 34.7 Å². The third-order valence-corrected chi connectivity index (χ3v) is 7.38. The molecule has 0 bridgehead atoms. The van der Waals surface area contributed by atoms with Crippen LogP contribution in [0, 0.1) is 0 Å². The van der Waals surface area contributed by atoms with Gasteiger partial charge in [-0.1, -0.05) is 17.8 Å². The molecule has 1 aliphatic heterocycles. The number of thiophene rings is 1. The van der Waals surface area contributed by atoms with Gasteiger partial charge in [0.05, 0.1) is 29.7 Å². The number of rotatable bonds is 8. The molecule has 1 amide bonds. The van der Waals surface area contributed by atoms with E-state index in [1.165, 1.54) is 16.8 Å². The van der Waals surface area contributed by atoms with E-state index < -0.39 is 0 Å². The molecule has 0 saturated carbocycles. The Balaban J connectivity index is 1.36. The Bertz CT molecular complexity index is 1280. The average Bonchev–Trinajstić information content (AvgIpc) is 3.68. The van der Waals surface area contributed by atoms with Gasteiger partial charge in [-0.15, -0.1) is 21.5 Å². The van der Waals surface area contributed by atoms with Crippen molar-refractivity contribution in [1.29, 1.82) is 0 Å². The molecule has 4 aromatic rings. The molecular weight excluding hydrogens is 470 g/mol. The first kappa shape index (κ1) is 22.4. The predicted octanol–water partition coefficient (Wildman–Crippen LogP) is 5.10. The number of hydrogen-bond donors (Lipinski definition) is 0. The summed E-state index contributed by atoms with van der Waals surface area (Å²) >= 11 is 2.99. The van der Waals surface area contributed by atoms with Gasteiger partial charge in [0.15, 0.2) is 11.0 Å². The Hall–Kier alpha value is -3.37. The summed E-state index contributed by atoms with van der Waals surface area (Å²) in [6, 6.07) is 15.1. The van der Waals surface area contributed by atoms with Crippen LogP contribution in [-0.4, -0.2) is 44.3 Å². The fraction of sp³-hybridized carbons (Fsp3) is 0.250. The van der Waals surface area contributed by atoms with Gasteiger partial charge in [0.2, 0.25) is 0 Å². The molecular formula is C24H23N5O3S2. The van der Waals surface area contributed by atoms with Crippen LogP contribution in [0.25, 0.3) is 10.7 Å². The molecule has 1 aromatic carbocycles. The molecule has 0 saturated heterocycles. The van der Waals surface area contributed by atoms with Gasteiger partial charge in [-0.3, -0.25) is 4.79 Å². The van der Waals surface area contributed by atoms with Crippen molar-refractivity contribution in [3.05, 3.63) is 71.5 Å². The maximum atomic E-state index is 13.3. The number of methoxy groups -OCH3 is 1. The molecule has 3 aromatic heterocycles. The number of benzene rings is 1. The Morgan fingerprint density at radius 3 is 2.74 bits per heavy atom. The highest BCUT2D eigenvalue weighted by Crippen LogP contribution is 2.34. The summed E-state index contributed by atoms with van der Waals surface area (Å²) in [7, 11) is 1.63. The lowest BCUT2D eigenvalue weighted by atomic mass is 10.0. The quantitative estimate of drug-likeness (QED) is 0.318. The summed E-state index contributed by atoms with van der Waals surface area (Å²) < 4.78 is 12.9. The fourth-order valence-corrected chi connectivity index (χ4v) is 5.43. The van der Waals surface area contributed by atoms with Crippen molar-refractivity contribution in [2.75, 3.05) is 12.9 Å². The Morgan fingerprint density at radius 1 is 1.21 bits per heavy atom. The maximum absolute atomic E-state index is 13.3. The normalized spacial score (nSPS) is 15.5. The van der Waals surface area contributed by atoms with Crippen LogP contribution in [0.2, 0.25) is 0 Å². The number of aromatic nitrogens is 3. The molecule has 1 atom stereocenters. The number of amides is 1. The molecule has 1 aliphatic rings. The summed E-state index contributed by atoms with van der Waals surface area (Å²) in [6.45, 7) is 2.76. The number of hydrogen-bond acceptors (Lipinski definition) is 8. The van der Waals surface area contributed by atoms with Crippen molar-refractivity contribution < 1.29 is 13.9 Å². The van der Waals surface area contributed by atoms with Crippen LogP contribution in [0.3, 0.4) is 0 Å². The lowest BCUT2D eigenvalue weighted by Gasteiger charge is -2.19. The lowest BCUT2D eigenvalue weighted by molar-refractivity contribution is -0.130. The monoisotopic (exact) mass is 493 g/mol. The highest BCUT2D eigenvalue weighted by molar-refractivity contribution is 7.99. The van der Waals surface area contributed by atoms with E-state index in [0.717, 1.165) is 34.3 Å². The summed E-state index contributed by atoms with van der Waals surface area (Å²) in [5.41, 5.74) is 1.78. The number of hydrazone groups is 1. The van der Waals surface area contributed by atoms with Crippen molar-refractivity contribution in [3.63, 3.8) is 0 Å². The molecule has 0 spiro atoms. The third kappa shape index (κ3) is 4.38. The largest absolute Gasteiger partial charge is 0.497 e. The molecule has 8 nitrogen and oxygen atoms in total. The van der Waals surface area contributed by atoms with Crippen molar-refractivity contribution in [2.45, 2.75) is 31.1 Å². The van der Waals surface area contributed by atoms with E-state index in [1.54, 1.807) is 24.7 Å². The van der Waals surface area contributed by atoms with Crippen LogP contribution < -0.4 is 4.74 Å². The minimum absolute atomic E-state index is 0.113. The zero-order valence-corrected chi connectivity index (χ0v) is 20.4. The number of ether oxygens (including phenoxy) is 1. The zero-order valence-electron chi connectivity index (χ0n) is 18.7. The van der Waals surface area contributed by atoms with Gasteiger partial charge in [-0.2, -0.15) is 5.10 Å². The van der Waals surface area contributed by atoms with Crippen LogP contribution >= 0.6 is 23.1 Å². The molecule has 10 heteroatoms. The Morgan fingerprint density at radius 2 is 2.06 bits per heavy atom. The molecule has 4 heterocycles. The van der Waals surface area contributed by atoms with Crippen LogP contribution in [0.5, 0.6) is 5.75 Å². The molecule has 0 aliphatic carbocycles. The van der Waals surface area contributed by atoms with E-state index in [1.807, 2.05) is 65.4 Å². The highest BCUT2D eigenvalue weighted by Gasteiger charge is 2.35. The van der Waals surface area contributed by atoms with E-state index in [0.29, 0.717) is 17.3 Å². The minimum Gasteiger partial charge on any atom is -0.497 e. The van der Waals surface area contributed by atoms with E-state index in [4.69, 9.17) is 14.3 Å². The van der Waals surface area contributed by atoms with E-state index in [9.17, 15) is 4.79 Å². The van der Waals surface area contributed by atoms with Gasteiger partial charge in [-0.25, -0.2) is 5.01 Å². The number of nitrogens with zero attached hydrogens (tertiary/aromatic N) is 5. The van der Waals surface area contributed by atoms with Crippen molar-refractivity contribution in [2.24, 2.45) is 5.10 Å². The van der Waals surface area contributed by atoms with E-state index >= 15 is 0 Å². The Labute approximate surface area is 205 Å². The first-order chi connectivity index (χ1) is 16.7. The lowest BCUT2D eigenvalue weighted by Crippen LogP contribution is -2.28. The van der Waals surface area contributed by atoms with Crippen molar-refractivity contribution in [3.8, 4) is 16.5 Å². The van der Waals surface area contributed by atoms with E-state index in [2.05, 4.69) is 10.2 Å². The third-order valence-electron chi connectivity index (χ3n) is 5.56. The van der Waals surface area contributed by atoms with Gasteiger partial charge in [0.1, 0.15) is 17.6 Å². The predicted molar refractivity (Wildman–Crippen MR) is 132 cm³/mol. The molecule has 0 radical (unpaired) electrons. The topological polar surface area (TPSA) is 85.8 Å². The molecule has 0 fully saturated rings. The second-order valence-corrected chi connectivity index (χ2v) is 9.46. The van der Waals surface area contributed by atoms with Gasteiger partial charge < -0.3 is 13.7 Å². The molecule has 5 rings (SSSR count). The van der Waals surface area contributed by atoms with Gasteiger partial charge in [-0.05, 0) is 60.3 Å². The number of carbonyl (C=O) groups is 1. The average molecular weight is 494 g/mol. The van der Waals surface area contributed by atoms with Crippen LogP contribution in [0.15, 0.2) is 74.8 Å². The first-order valence-electron chi connectivity index (χ1n) is 10.8. The SMILES string of the molecule is CCn1c(SCC(=O)N2N=C(c3ccc(OC)cc3)CC2c2ccco2)nnc1-c1cccs1. The molecule has 34 heavy (non-hydrogen) atoms. The zero-order chi connectivity index (χ0) is 23.5. The summed E-state index contributed by atoms with van der Waals surface area (Å²) in [4.78, 5) is 14.4. The van der Waals surface area contributed by atoms with Crippen molar-refractivity contribution in [1.82, 2.24) is 19.8 Å². The standard InChI is InChI=1S/C24H23N5O3S2/c1-3-28-23(21-7-5-13-33-21)25-26-24(28)34-15-22(30)29-19(20-6-4-12-32-20)14-18(27-29)16-8-10-17(31-2)11-9-16/h4-13,19H,3,14-15H2,1-2H3. The van der Waals surface area contributed by atoms with Crippen LogP contribution in [-0.2, 0) is 11.3 Å². The first-order valence-corrected chi connectivity index (χ1v) is 12.7. The highest BCUT2D eigenvalue weighted by atomic mass is 32.2. The van der Waals surface area contributed by atoms with Gasteiger partial charge >= 0.3 is 0 Å². The van der Waals surface area contributed by atoms with E-state index in [-0.39, 0.29) is 17.7 Å². The van der Waals surface area contributed by atoms with Gasteiger partial charge in [0.25, 0.3) is 5.91 Å². The number of furan rings is 1. The molecule has 174 valence electrons. The van der Waals surface area contributed by atoms with Crippen LogP contribution in [0.4, 0.5) is 0 Å². The Kier molecular flexibility index (Phi) is 6.50. The summed E-state index contributed by atoms with van der Waals surface area (Å²) in [6.07, 6.45) is 2.19. The second kappa shape index (κ2) is 9.86. The van der Waals surface area contributed by atoms with Crippen LogP contribution in [0.1, 0.15) is 30.7 Å². The number of carbonyl (C=O) groups excluding carboxylic acids is 1. The summed E-state index contributed by atoms with van der Waals surface area (Å²) in [5.74, 6) is 2.39. The summed E-state index contributed by atoms with van der Waals surface area (Å²) in [5, 5.41) is 17.7. The fourth-order valence-electron chi connectivity index (χ4n) is 3.86. The molecule has 0 N–H and O–H groups in total. The minimum atomic E-state index is -0.286. The van der Waals surface area contributed by atoms with Gasteiger partial charge in [0, 0.05) is 13.0 Å².